The molecule has 7 nitrogen and oxygen atoms in total. The van der Waals surface area contributed by atoms with Crippen LogP contribution in [0.15, 0.2) is 54.7 Å². The van der Waals surface area contributed by atoms with Gasteiger partial charge in [-0.2, -0.15) is 0 Å². The van der Waals surface area contributed by atoms with Gasteiger partial charge in [-0.15, -0.1) is 10.2 Å². The Morgan fingerprint density at radius 3 is 2.52 bits per heavy atom. The number of fused-ring (bicyclic) bond motifs is 1. The molecule has 27 heavy (non-hydrogen) atoms. The maximum Gasteiger partial charge on any atom is 0.251 e. The molecule has 0 saturated heterocycles. The van der Waals surface area contributed by atoms with Crippen LogP contribution in [0.5, 0.6) is 0 Å². The second-order valence-electron chi connectivity index (χ2n) is 6.65. The minimum atomic E-state index is -0.604. The molecule has 0 bridgehead atoms. The van der Waals surface area contributed by atoms with Crippen LogP contribution in [0.3, 0.4) is 0 Å². The van der Waals surface area contributed by atoms with Gasteiger partial charge in [-0.1, -0.05) is 38.1 Å². The second-order valence-corrected chi connectivity index (χ2v) is 6.65. The molecule has 3 rings (SSSR count). The molecule has 0 fully saturated rings. The monoisotopic (exact) mass is 365 g/mol. The van der Waals surface area contributed by atoms with E-state index in [0.29, 0.717) is 18.5 Å². The minimum absolute atomic E-state index is 0.0356. The predicted octanol–water partition coefficient (Wildman–Crippen LogP) is 1.84. The lowest BCUT2D eigenvalue weighted by molar-refractivity contribution is -0.123. The van der Waals surface area contributed by atoms with E-state index in [2.05, 4.69) is 20.8 Å². The van der Waals surface area contributed by atoms with E-state index in [0.717, 1.165) is 11.5 Å². The van der Waals surface area contributed by atoms with E-state index in [9.17, 15) is 9.59 Å². The summed E-state index contributed by atoms with van der Waals surface area (Å²) in [6.45, 7) is 4.22. The standard InChI is InChI=1S/C20H23N5O2/c1-14(2)18(22-19(26)15-8-4-3-5-9-15)20(27)21-12-11-17-24-23-16-10-6-7-13-25(16)17/h3-10,13-14,18H,11-12H2,1-2H3,(H,21,27)(H,22,26)/t18-/m1/s1. The SMILES string of the molecule is CC(C)[C@@H](NC(=O)c1ccccc1)C(=O)NCCc1nnc2ccccn12. The Morgan fingerprint density at radius 1 is 1.04 bits per heavy atom. The Bertz CT molecular complexity index is 920. The summed E-state index contributed by atoms with van der Waals surface area (Å²) in [5, 5.41) is 14.0. The number of hydrogen-bond acceptors (Lipinski definition) is 4. The van der Waals surface area contributed by atoms with E-state index < -0.39 is 6.04 Å². The highest BCUT2D eigenvalue weighted by atomic mass is 16.2. The number of nitrogens with zero attached hydrogens (tertiary/aromatic N) is 3. The third-order valence-electron chi connectivity index (χ3n) is 4.30. The molecule has 2 heterocycles. The van der Waals surface area contributed by atoms with Gasteiger partial charge < -0.3 is 10.6 Å². The molecule has 0 radical (unpaired) electrons. The summed E-state index contributed by atoms with van der Waals surface area (Å²) in [6.07, 6.45) is 2.44. The molecule has 3 aromatic rings. The summed E-state index contributed by atoms with van der Waals surface area (Å²) in [5.74, 6) is 0.280. The van der Waals surface area contributed by atoms with Crippen molar-refractivity contribution in [1.82, 2.24) is 25.2 Å². The third kappa shape index (κ3) is 4.49. The van der Waals surface area contributed by atoms with E-state index >= 15 is 0 Å². The Hall–Kier alpha value is -3.22. The average Bonchev–Trinajstić information content (AvgIpc) is 3.09. The lowest BCUT2D eigenvalue weighted by Crippen LogP contribution is -2.50. The molecule has 0 unspecified atom stereocenters. The van der Waals surface area contributed by atoms with Gasteiger partial charge in [-0.25, -0.2) is 0 Å². The largest absolute Gasteiger partial charge is 0.354 e. The van der Waals surface area contributed by atoms with Crippen LogP contribution < -0.4 is 10.6 Å². The quantitative estimate of drug-likeness (QED) is 0.669. The van der Waals surface area contributed by atoms with Gasteiger partial charge in [-0.3, -0.25) is 14.0 Å². The number of rotatable bonds is 7. The van der Waals surface area contributed by atoms with Gasteiger partial charge in [0.25, 0.3) is 5.91 Å². The fraction of sp³-hybridized carbons (Fsp3) is 0.300. The van der Waals surface area contributed by atoms with Crippen LogP contribution >= 0.6 is 0 Å². The maximum atomic E-state index is 12.6. The number of carbonyl (C=O) groups excluding carboxylic acids is 2. The van der Waals surface area contributed by atoms with Crippen LogP contribution in [0.1, 0.15) is 30.0 Å². The molecule has 1 atom stereocenters. The summed E-state index contributed by atoms with van der Waals surface area (Å²) in [6, 6.07) is 14.0. The molecule has 0 aliphatic rings. The number of amides is 2. The Labute approximate surface area is 157 Å². The second kappa shape index (κ2) is 8.44. The summed E-state index contributed by atoms with van der Waals surface area (Å²) < 4.78 is 1.89. The van der Waals surface area contributed by atoms with E-state index in [1.165, 1.54) is 0 Å². The zero-order valence-corrected chi connectivity index (χ0v) is 15.4. The highest BCUT2D eigenvalue weighted by molar-refractivity contribution is 5.97. The molecule has 0 saturated carbocycles. The minimum Gasteiger partial charge on any atom is -0.354 e. The number of carbonyl (C=O) groups is 2. The van der Waals surface area contributed by atoms with E-state index in [4.69, 9.17) is 0 Å². The van der Waals surface area contributed by atoms with Crippen LogP contribution in [0.2, 0.25) is 0 Å². The Morgan fingerprint density at radius 2 is 1.78 bits per heavy atom. The number of nitrogens with one attached hydrogen (secondary N) is 2. The molecular weight excluding hydrogens is 342 g/mol. The zero-order valence-electron chi connectivity index (χ0n) is 15.4. The third-order valence-corrected chi connectivity index (χ3v) is 4.30. The molecule has 2 amide bonds. The van der Waals surface area contributed by atoms with Crippen molar-refractivity contribution < 1.29 is 9.59 Å². The summed E-state index contributed by atoms with van der Waals surface area (Å²) in [5.41, 5.74) is 1.31. The Balaban J connectivity index is 1.58. The van der Waals surface area contributed by atoms with Crippen LogP contribution in [-0.2, 0) is 11.2 Å². The molecule has 2 aromatic heterocycles. The smallest absolute Gasteiger partial charge is 0.251 e. The van der Waals surface area contributed by atoms with Crippen molar-refractivity contribution >= 4 is 17.5 Å². The first-order valence-corrected chi connectivity index (χ1v) is 8.98. The number of hydrogen-bond donors (Lipinski definition) is 2. The number of pyridine rings is 1. The zero-order chi connectivity index (χ0) is 19.2. The summed E-state index contributed by atoms with van der Waals surface area (Å²) in [4.78, 5) is 24.9. The van der Waals surface area contributed by atoms with Crippen molar-refractivity contribution in [1.29, 1.82) is 0 Å². The van der Waals surface area contributed by atoms with Gasteiger partial charge in [0, 0.05) is 24.7 Å². The van der Waals surface area contributed by atoms with E-state index in [1.54, 1.807) is 24.3 Å². The summed E-state index contributed by atoms with van der Waals surface area (Å²) >= 11 is 0. The van der Waals surface area contributed by atoms with Crippen molar-refractivity contribution in [3.8, 4) is 0 Å². The highest BCUT2D eigenvalue weighted by Gasteiger charge is 2.24. The van der Waals surface area contributed by atoms with Crippen LogP contribution in [0.4, 0.5) is 0 Å². The maximum absolute atomic E-state index is 12.6. The van der Waals surface area contributed by atoms with Gasteiger partial charge in [0.1, 0.15) is 11.9 Å². The van der Waals surface area contributed by atoms with E-state index in [1.807, 2.05) is 48.7 Å². The molecule has 0 aliphatic heterocycles. The molecule has 0 aliphatic carbocycles. The van der Waals surface area contributed by atoms with Gasteiger partial charge in [0.2, 0.25) is 5.91 Å². The van der Waals surface area contributed by atoms with Crippen molar-refractivity contribution in [3.05, 3.63) is 66.1 Å². The lowest BCUT2D eigenvalue weighted by Gasteiger charge is -2.21. The Kier molecular flexibility index (Phi) is 5.80. The first-order chi connectivity index (χ1) is 13.1. The van der Waals surface area contributed by atoms with Crippen LogP contribution in [0.25, 0.3) is 5.65 Å². The number of aromatic nitrogens is 3. The first-order valence-electron chi connectivity index (χ1n) is 8.98. The lowest BCUT2D eigenvalue weighted by atomic mass is 10.0. The topological polar surface area (TPSA) is 88.4 Å². The van der Waals surface area contributed by atoms with Crippen molar-refractivity contribution in [2.75, 3.05) is 6.54 Å². The molecule has 1 aromatic carbocycles. The van der Waals surface area contributed by atoms with Gasteiger partial charge in [-0.05, 0) is 30.2 Å². The molecule has 2 N–H and O–H groups in total. The fourth-order valence-corrected chi connectivity index (χ4v) is 2.82. The molecule has 140 valence electrons. The van der Waals surface area contributed by atoms with Crippen molar-refractivity contribution in [2.24, 2.45) is 5.92 Å². The molecule has 7 heteroatoms. The number of benzene rings is 1. The van der Waals surface area contributed by atoms with Gasteiger partial charge >= 0.3 is 0 Å². The van der Waals surface area contributed by atoms with E-state index in [-0.39, 0.29) is 17.7 Å². The van der Waals surface area contributed by atoms with Crippen molar-refractivity contribution in [2.45, 2.75) is 26.3 Å². The predicted molar refractivity (Wildman–Crippen MR) is 102 cm³/mol. The summed E-state index contributed by atoms with van der Waals surface area (Å²) in [7, 11) is 0. The fourth-order valence-electron chi connectivity index (χ4n) is 2.82. The molecule has 0 spiro atoms. The first kappa shape index (κ1) is 18.6. The highest BCUT2D eigenvalue weighted by Crippen LogP contribution is 2.06. The van der Waals surface area contributed by atoms with Gasteiger partial charge in [0.05, 0.1) is 0 Å². The molecular formula is C20H23N5O2. The van der Waals surface area contributed by atoms with Crippen LogP contribution in [0, 0.1) is 5.92 Å². The average molecular weight is 365 g/mol. The normalized spacial score (nSPS) is 12.1. The van der Waals surface area contributed by atoms with Crippen molar-refractivity contribution in [3.63, 3.8) is 0 Å². The van der Waals surface area contributed by atoms with Crippen LogP contribution in [-0.4, -0.2) is 39.0 Å². The van der Waals surface area contributed by atoms with Gasteiger partial charge in [0.15, 0.2) is 5.65 Å².